The molecular weight excluding hydrogens is 122 g/mol. The van der Waals surface area contributed by atoms with Crippen molar-refractivity contribution < 1.29 is 1.37 Å². The van der Waals surface area contributed by atoms with Crippen LogP contribution in [0.2, 0.25) is 0 Å². The molecule has 1 aromatic heterocycles. The van der Waals surface area contributed by atoms with E-state index in [9.17, 15) is 0 Å². The van der Waals surface area contributed by atoms with Gasteiger partial charge in [-0.15, -0.1) is 0 Å². The fourth-order valence-corrected chi connectivity index (χ4v) is 1.16. The quantitative estimate of drug-likeness (QED) is 0.517. The number of fused-ring (bicyclic) bond motifs is 1. The van der Waals surface area contributed by atoms with E-state index in [-0.39, 0.29) is 0 Å². The van der Waals surface area contributed by atoms with E-state index in [2.05, 4.69) is 4.57 Å². The number of hydrogen-bond acceptors (Lipinski definition) is 0. The summed E-state index contributed by atoms with van der Waals surface area (Å²) in [6.45, 7) is 0. The SMILES string of the molecule is [2H]c1ccc2c(ccn2C)c1. The summed E-state index contributed by atoms with van der Waals surface area (Å²) in [4.78, 5) is 0. The van der Waals surface area contributed by atoms with Crippen LogP contribution in [0.4, 0.5) is 0 Å². The maximum atomic E-state index is 7.38. The predicted octanol–water partition coefficient (Wildman–Crippen LogP) is 2.18. The average Bonchev–Trinajstić information content (AvgIpc) is 2.32. The molecule has 0 unspecified atom stereocenters. The van der Waals surface area contributed by atoms with Gasteiger partial charge in [0.1, 0.15) is 0 Å². The molecule has 0 aliphatic rings. The van der Waals surface area contributed by atoms with Gasteiger partial charge in [-0.3, -0.25) is 0 Å². The summed E-state index contributed by atoms with van der Waals surface area (Å²) in [6, 6.07) is 8.24. The third-order valence-electron chi connectivity index (χ3n) is 1.73. The van der Waals surface area contributed by atoms with Crippen molar-refractivity contribution in [3.05, 3.63) is 36.5 Å². The van der Waals surface area contributed by atoms with E-state index in [0.717, 1.165) is 5.39 Å². The third-order valence-corrected chi connectivity index (χ3v) is 1.73. The van der Waals surface area contributed by atoms with Gasteiger partial charge in [-0.25, -0.2) is 0 Å². The standard InChI is InChI=1S/C9H9N/c1-10-7-6-8-4-2-3-5-9(8)10/h2-7H,1H3/i2D. The van der Waals surface area contributed by atoms with Gasteiger partial charge < -0.3 is 4.57 Å². The van der Waals surface area contributed by atoms with Crippen LogP contribution in [0.3, 0.4) is 0 Å². The summed E-state index contributed by atoms with van der Waals surface area (Å²) in [7, 11) is 2.01. The number of aryl methyl sites for hydroxylation is 1. The van der Waals surface area contributed by atoms with Gasteiger partial charge in [0.2, 0.25) is 0 Å². The average molecular weight is 132 g/mol. The lowest BCUT2D eigenvalue weighted by molar-refractivity contribution is 0.969. The van der Waals surface area contributed by atoms with E-state index in [1.165, 1.54) is 5.52 Å². The fraction of sp³-hybridized carbons (Fsp3) is 0.111. The summed E-state index contributed by atoms with van der Waals surface area (Å²) >= 11 is 0. The first-order valence-corrected chi connectivity index (χ1v) is 3.29. The van der Waals surface area contributed by atoms with E-state index in [4.69, 9.17) is 1.37 Å². The van der Waals surface area contributed by atoms with E-state index >= 15 is 0 Å². The maximum Gasteiger partial charge on any atom is 0.0623 e. The normalized spacial score (nSPS) is 11.9. The molecular formula is C9H9N. The van der Waals surface area contributed by atoms with Crippen LogP contribution in [0, 0.1) is 0 Å². The Morgan fingerprint density at radius 3 is 3.20 bits per heavy atom. The lowest BCUT2D eigenvalue weighted by Crippen LogP contribution is -1.81. The van der Waals surface area contributed by atoms with E-state index in [1.54, 1.807) is 0 Å². The molecule has 1 heterocycles. The van der Waals surface area contributed by atoms with Crippen molar-refractivity contribution in [2.75, 3.05) is 0 Å². The molecule has 0 spiro atoms. The third kappa shape index (κ3) is 0.637. The second-order valence-electron chi connectivity index (χ2n) is 2.41. The van der Waals surface area contributed by atoms with E-state index in [1.807, 2.05) is 37.5 Å². The molecule has 0 atom stereocenters. The van der Waals surface area contributed by atoms with Crippen molar-refractivity contribution in [2.45, 2.75) is 0 Å². The molecule has 0 saturated carbocycles. The zero-order valence-electron chi connectivity index (χ0n) is 6.83. The molecule has 0 aliphatic carbocycles. The topological polar surface area (TPSA) is 4.93 Å². The number of aromatic nitrogens is 1. The predicted molar refractivity (Wildman–Crippen MR) is 42.9 cm³/mol. The summed E-state index contributed by atoms with van der Waals surface area (Å²) < 4.78 is 9.43. The molecule has 2 rings (SSSR count). The van der Waals surface area contributed by atoms with Gasteiger partial charge >= 0.3 is 0 Å². The molecule has 1 nitrogen and oxygen atoms in total. The molecule has 0 N–H and O–H groups in total. The van der Waals surface area contributed by atoms with Crippen LogP contribution in [0.5, 0.6) is 0 Å². The zero-order chi connectivity index (χ0) is 7.84. The van der Waals surface area contributed by atoms with Gasteiger partial charge in [0.05, 0.1) is 1.37 Å². The smallest absolute Gasteiger partial charge is 0.0623 e. The molecule has 0 fully saturated rings. The number of nitrogens with zero attached hydrogens (tertiary/aromatic N) is 1. The number of benzene rings is 1. The van der Waals surface area contributed by atoms with Crippen molar-refractivity contribution >= 4 is 10.9 Å². The van der Waals surface area contributed by atoms with E-state index < -0.39 is 0 Å². The fourth-order valence-electron chi connectivity index (χ4n) is 1.16. The van der Waals surface area contributed by atoms with Crippen LogP contribution in [0.25, 0.3) is 10.9 Å². The molecule has 0 bridgehead atoms. The van der Waals surface area contributed by atoms with Crippen LogP contribution in [-0.4, -0.2) is 4.57 Å². The highest BCUT2D eigenvalue weighted by Crippen LogP contribution is 2.12. The Balaban J connectivity index is 2.86. The molecule has 1 aromatic carbocycles. The number of rotatable bonds is 0. The summed E-state index contributed by atoms with van der Waals surface area (Å²) in [5.74, 6) is 0. The minimum atomic E-state index is 0.573. The Bertz CT molecular complexity index is 389. The first-order valence-electron chi connectivity index (χ1n) is 3.79. The largest absolute Gasteiger partial charge is 0.351 e. The van der Waals surface area contributed by atoms with Crippen LogP contribution in [0.15, 0.2) is 36.5 Å². The summed E-state index contributed by atoms with van der Waals surface area (Å²) in [5.41, 5.74) is 1.18. The van der Waals surface area contributed by atoms with Crippen LogP contribution in [0.1, 0.15) is 1.37 Å². The highest BCUT2D eigenvalue weighted by atomic mass is 14.9. The lowest BCUT2D eigenvalue weighted by Gasteiger charge is -1.92. The van der Waals surface area contributed by atoms with Gasteiger partial charge in [0, 0.05) is 18.8 Å². The van der Waals surface area contributed by atoms with Crippen LogP contribution < -0.4 is 0 Å². The van der Waals surface area contributed by atoms with Gasteiger partial charge in [-0.2, -0.15) is 0 Å². The maximum absolute atomic E-state index is 7.38. The summed E-state index contributed by atoms with van der Waals surface area (Å²) in [5, 5.41) is 1.14. The minimum Gasteiger partial charge on any atom is -0.351 e. The Morgan fingerprint density at radius 2 is 2.30 bits per heavy atom. The Morgan fingerprint density at radius 1 is 1.40 bits per heavy atom. The van der Waals surface area contributed by atoms with Gasteiger partial charge in [-0.1, -0.05) is 18.2 Å². The Kier molecular flexibility index (Phi) is 0.853. The van der Waals surface area contributed by atoms with Crippen molar-refractivity contribution in [2.24, 2.45) is 7.05 Å². The van der Waals surface area contributed by atoms with Crippen molar-refractivity contribution in [1.82, 2.24) is 4.57 Å². The van der Waals surface area contributed by atoms with Crippen molar-refractivity contribution in [3.63, 3.8) is 0 Å². The van der Waals surface area contributed by atoms with Crippen molar-refractivity contribution in [1.29, 1.82) is 0 Å². The Labute approximate surface area is 61.3 Å². The van der Waals surface area contributed by atoms with Crippen molar-refractivity contribution in [3.8, 4) is 0 Å². The van der Waals surface area contributed by atoms with Crippen LogP contribution >= 0.6 is 0 Å². The number of para-hydroxylation sites is 1. The second-order valence-corrected chi connectivity index (χ2v) is 2.41. The Hall–Kier alpha value is -1.24. The zero-order valence-corrected chi connectivity index (χ0v) is 5.83. The lowest BCUT2D eigenvalue weighted by atomic mass is 10.2. The molecule has 0 aliphatic heterocycles. The molecule has 0 saturated heterocycles. The molecule has 1 heteroatoms. The van der Waals surface area contributed by atoms with Gasteiger partial charge in [0.25, 0.3) is 0 Å². The minimum absolute atomic E-state index is 0.573. The van der Waals surface area contributed by atoms with Crippen LogP contribution in [-0.2, 0) is 7.05 Å². The highest BCUT2D eigenvalue weighted by molar-refractivity contribution is 5.79. The van der Waals surface area contributed by atoms with Gasteiger partial charge in [0.15, 0.2) is 0 Å². The monoisotopic (exact) mass is 132 g/mol. The second kappa shape index (κ2) is 1.87. The highest BCUT2D eigenvalue weighted by Gasteiger charge is 1.92. The summed E-state index contributed by atoms with van der Waals surface area (Å²) in [6.07, 6.45) is 2.00. The number of hydrogen-bond donors (Lipinski definition) is 0. The molecule has 0 amide bonds. The first-order chi connectivity index (χ1) is 5.27. The molecule has 10 heavy (non-hydrogen) atoms. The van der Waals surface area contributed by atoms with Gasteiger partial charge in [-0.05, 0) is 17.5 Å². The first kappa shape index (κ1) is 4.56. The molecule has 50 valence electrons. The molecule has 2 aromatic rings. The molecule has 0 radical (unpaired) electrons. The van der Waals surface area contributed by atoms with E-state index in [0.29, 0.717) is 6.04 Å².